The summed E-state index contributed by atoms with van der Waals surface area (Å²) in [4.78, 5) is 12.1. The summed E-state index contributed by atoms with van der Waals surface area (Å²) in [6, 6.07) is 21.1. The van der Waals surface area contributed by atoms with Gasteiger partial charge in [-0.3, -0.25) is 4.79 Å². The van der Waals surface area contributed by atoms with Crippen molar-refractivity contribution in [1.29, 1.82) is 0 Å². The molecule has 0 aliphatic heterocycles. The van der Waals surface area contributed by atoms with Crippen molar-refractivity contribution in [1.82, 2.24) is 0 Å². The number of hydrogen-bond donors (Lipinski definition) is 1. The molecule has 3 rings (SSSR count). The monoisotopic (exact) mass is 425 g/mol. The zero-order valence-electron chi connectivity index (χ0n) is 17.9. The molecule has 5 heteroatoms. The molecule has 0 saturated carbocycles. The van der Waals surface area contributed by atoms with Crippen LogP contribution in [0.15, 0.2) is 72.8 Å². The van der Waals surface area contributed by atoms with Crippen molar-refractivity contribution in [3.63, 3.8) is 0 Å². The van der Waals surface area contributed by atoms with Gasteiger partial charge in [-0.05, 0) is 58.4 Å². The fraction of sp³-hybridized carbons (Fsp3) is 0.269. The molecule has 31 heavy (non-hydrogen) atoms. The van der Waals surface area contributed by atoms with Gasteiger partial charge >= 0.3 is 6.18 Å². The molecule has 0 heterocycles. The van der Waals surface area contributed by atoms with Crippen LogP contribution in [-0.2, 0) is 22.8 Å². The Hall–Kier alpha value is -3.08. The van der Waals surface area contributed by atoms with Gasteiger partial charge in [-0.25, -0.2) is 0 Å². The molecule has 1 N–H and O–H groups in total. The van der Waals surface area contributed by atoms with Crippen LogP contribution in [0, 0.1) is 0 Å². The van der Waals surface area contributed by atoms with Gasteiger partial charge in [0.25, 0.3) is 0 Å². The number of rotatable bonds is 5. The highest BCUT2D eigenvalue weighted by Gasteiger charge is 2.29. The quantitative estimate of drug-likeness (QED) is 0.459. The lowest BCUT2D eigenvalue weighted by Gasteiger charge is -2.19. The molecule has 162 valence electrons. The minimum absolute atomic E-state index is 0.114. The molecule has 0 unspecified atom stereocenters. The zero-order valence-corrected chi connectivity index (χ0v) is 17.9. The van der Waals surface area contributed by atoms with Crippen molar-refractivity contribution in [2.24, 2.45) is 0 Å². The Labute approximate surface area is 181 Å². The van der Waals surface area contributed by atoms with E-state index in [1.165, 1.54) is 17.7 Å². The Morgan fingerprint density at radius 3 is 1.71 bits per heavy atom. The number of hydrogen-bond acceptors (Lipinski definition) is 1. The van der Waals surface area contributed by atoms with Crippen LogP contribution < -0.4 is 5.32 Å². The second kappa shape index (κ2) is 8.96. The van der Waals surface area contributed by atoms with Crippen LogP contribution in [0.1, 0.15) is 43.9 Å². The van der Waals surface area contributed by atoms with Crippen LogP contribution in [0.25, 0.3) is 11.1 Å². The highest BCUT2D eigenvalue weighted by Crippen LogP contribution is 2.30. The maximum atomic E-state index is 12.6. The van der Waals surface area contributed by atoms with E-state index >= 15 is 0 Å². The van der Waals surface area contributed by atoms with Crippen molar-refractivity contribution in [3.05, 3.63) is 89.5 Å². The molecule has 0 aliphatic carbocycles. The Kier molecular flexibility index (Phi) is 6.54. The molecule has 0 aliphatic rings. The van der Waals surface area contributed by atoms with E-state index < -0.39 is 11.7 Å². The van der Waals surface area contributed by atoms with E-state index in [0.29, 0.717) is 12.1 Å². The van der Waals surface area contributed by atoms with E-state index in [1.807, 2.05) is 24.3 Å². The molecule has 0 aromatic heterocycles. The number of carbonyl (C=O) groups excluding carboxylic acids is 1. The highest BCUT2D eigenvalue weighted by atomic mass is 19.4. The summed E-state index contributed by atoms with van der Waals surface area (Å²) in [5.74, 6) is -0.235. The van der Waals surface area contributed by atoms with Crippen LogP contribution in [0.5, 0.6) is 0 Å². The molecular weight excluding hydrogens is 399 g/mol. The molecule has 0 saturated heterocycles. The number of anilines is 1. The molecule has 1 amide bonds. The summed E-state index contributed by atoms with van der Waals surface area (Å²) in [7, 11) is 0. The second-order valence-corrected chi connectivity index (χ2v) is 8.65. The number of benzene rings is 3. The smallest absolute Gasteiger partial charge is 0.326 e. The number of aryl methyl sites for hydroxylation is 1. The fourth-order valence-corrected chi connectivity index (χ4v) is 3.25. The number of halogens is 3. The van der Waals surface area contributed by atoms with Crippen LogP contribution in [-0.4, -0.2) is 5.91 Å². The summed E-state index contributed by atoms with van der Waals surface area (Å²) < 4.78 is 37.8. The first-order valence-electron chi connectivity index (χ1n) is 10.2. The third-order valence-electron chi connectivity index (χ3n) is 5.17. The average Bonchev–Trinajstić information content (AvgIpc) is 2.72. The van der Waals surface area contributed by atoms with Gasteiger partial charge < -0.3 is 5.32 Å². The number of amides is 1. The molecule has 3 aromatic rings. The van der Waals surface area contributed by atoms with Crippen molar-refractivity contribution in [3.8, 4) is 11.1 Å². The van der Waals surface area contributed by atoms with E-state index in [2.05, 4.69) is 50.4 Å². The third-order valence-corrected chi connectivity index (χ3v) is 5.17. The van der Waals surface area contributed by atoms with Gasteiger partial charge in [-0.1, -0.05) is 69.3 Å². The van der Waals surface area contributed by atoms with Gasteiger partial charge in [0.2, 0.25) is 5.91 Å². The van der Waals surface area contributed by atoms with Crippen molar-refractivity contribution in [2.75, 3.05) is 5.32 Å². The molecule has 2 nitrogen and oxygen atoms in total. The number of alkyl halides is 3. The first-order valence-corrected chi connectivity index (χ1v) is 10.2. The first-order chi connectivity index (χ1) is 14.5. The maximum absolute atomic E-state index is 12.6. The largest absolute Gasteiger partial charge is 0.416 e. The first kappa shape index (κ1) is 22.6. The Balaban J connectivity index is 1.55. The summed E-state index contributed by atoms with van der Waals surface area (Å²) in [6.45, 7) is 6.56. The minimum atomic E-state index is -4.39. The van der Waals surface area contributed by atoms with Crippen LogP contribution >= 0.6 is 0 Å². The standard InChI is InChI=1S/C26H26F3NO/c1-25(2,3)21-11-9-20(10-12-21)19-7-4-18(5-8-19)6-17-24(31)30-23-15-13-22(14-16-23)26(27,28)29/h4-5,7-16H,6,17H2,1-3H3,(H,30,31). The van der Waals surface area contributed by atoms with Gasteiger partial charge in [0, 0.05) is 12.1 Å². The van der Waals surface area contributed by atoms with Crippen LogP contribution in [0.2, 0.25) is 0 Å². The van der Waals surface area contributed by atoms with E-state index in [1.54, 1.807) is 0 Å². The zero-order chi connectivity index (χ0) is 22.6. The number of nitrogens with one attached hydrogen (secondary N) is 1. The molecule has 0 bridgehead atoms. The lowest BCUT2D eigenvalue weighted by atomic mass is 9.86. The van der Waals surface area contributed by atoms with E-state index in [9.17, 15) is 18.0 Å². The summed E-state index contributed by atoms with van der Waals surface area (Å²) in [5.41, 5.74) is 4.29. The third kappa shape index (κ3) is 6.20. The average molecular weight is 425 g/mol. The fourth-order valence-electron chi connectivity index (χ4n) is 3.25. The molecule has 0 radical (unpaired) electrons. The Morgan fingerprint density at radius 1 is 0.742 bits per heavy atom. The molecule has 0 atom stereocenters. The van der Waals surface area contributed by atoms with Crippen LogP contribution in [0.4, 0.5) is 18.9 Å². The predicted molar refractivity (Wildman–Crippen MR) is 119 cm³/mol. The molecule has 0 spiro atoms. The summed E-state index contributed by atoms with van der Waals surface area (Å²) in [6.07, 6.45) is -3.58. The Bertz CT molecular complexity index is 1010. The van der Waals surface area contributed by atoms with Crippen molar-refractivity contribution >= 4 is 11.6 Å². The predicted octanol–water partition coefficient (Wildman–Crippen LogP) is 7.24. The van der Waals surface area contributed by atoms with Crippen LogP contribution in [0.3, 0.4) is 0 Å². The maximum Gasteiger partial charge on any atom is 0.416 e. The van der Waals surface area contributed by atoms with Gasteiger partial charge in [-0.15, -0.1) is 0 Å². The topological polar surface area (TPSA) is 29.1 Å². The Morgan fingerprint density at radius 2 is 1.23 bits per heavy atom. The molecule has 3 aromatic carbocycles. The second-order valence-electron chi connectivity index (χ2n) is 8.65. The molecule has 0 fully saturated rings. The van der Waals surface area contributed by atoms with Gasteiger partial charge in [-0.2, -0.15) is 13.2 Å². The van der Waals surface area contributed by atoms with E-state index in [-0.39, 0.29) is 17.7 Å². The minimum Gasteiger partial charge on any atom is -0.326 e. The summed E-state index contributed by atoms with van der Waals surface area (Å²) in [5, 5.41) is 2.64. The van der Waals surface area contributed by atoms with Gasteiger partial charge in [0.15, 0.2) is 0 Å². The van der Waals surface area contributed by atoms with Gasteiger partial charge in [0.1, 0.15) is 0 Å². The normalized spacial score (nSPS) is 11.9. The molecular formula is C26H26F3NO. The van der Waals surface area contributed by atoms with Gasteiger partial charge in [0.05, 0.1) is 5.56 Å². The highest BCUT2D eigenvalue weighted by molar-refractivity contribution is 5.90. The lowest BCUT2D eigenvalue weighted by molar-refractivity contribution is -0.137. The van der Waals surface area contributed by atoms with Crippen molar-refractivity contribution < 1.29 is 18.0 Å². The lowest BCUT2D eigenvalue weighted by Crippen LogP contribution is -2.12. The summed E-state index contributed by atoms with van der Waals surface area (Å²) >= 11 is 0. The number of carbonyl (C=O) groups is 1. The van der Waals surface area contributed by atoms with E-state index in [4.69, 9.17) is 0 Å². The van der Waals surface area contributed by atoms with E-state index in [0.717, 1.165) is 28.8 Å². The van der Waals surface area contributed by atoms with Crippen molar-refractivity contribution in [2.45, 2.75) is 45.2 Å². The SMILES string of the molecule is CC(C)(C)c1ccc(-c2ccc(CCC(=O)Nc3ccc(C(F)(F)F)cc3)cc2)cc1.